The molecule has 0 heterocycles. The first-order valence-corrected chi connectivity index (χ1v) is 17.3. The molecule has 0 bridgehead atoms. The number of rotatable bonds is 9. The molecule has 0 aromatic heterocycles. The molecule has 2 atom stereocenters. The van der Waals surface area contributed by atoms with Gasteiger partial charge in [-0.05, 0) is 92.6 Å². The monoisotopic (exact) mass is 629 g/mol. The van der Waals surface area contributed by atoms with Gasteiger partial charge in [-0.1, -0.05) is 171 Å². The molecule has 8 aromatic rings. The molecule has 2 unspecified atom stereocenters. The van der Waals surface area contributed by atoms with Gasteiger partial charge in [-0.15, -0.1) is 0 Å². The van der Waals surface area contributed by atoms with Gasteiger partial charge in [-0.3, -0.25) is 0 Å². The summed E-state index contributed by atoms with van der Waals surface area (Å²) >= 11 is 0. The van der Waals surface area contributed by atoms with Crippen LogP contribution in [0.1, 0.15) is 35.4 Å². The first-order valence-electron chi connectivity index (χ1n) is 17.3. The van der Waals surface area contributed by atoms with Crippen LogP contribution in [0.25, 0.3) is 32.7 Å². The van der Waals surface area contributed by atoms with E-state index in [0.717, 1.165) is 17.8 Å². The van der Waals surface area contributed by atoms with Crippen molar-refractivity contribution in [2.45, 2.75) is 25.2 Å². The third kappa shape index (κ3) is 6.24. The van der Waals surface area contributed by atoms with Crippen LogP contribution in [-0.4, -0.2) is 0 Å². The third-order valence-corrected chi connectivity index (χ3v) is 10.1. The molecule has 0 aliphatic carbocycles. The summed E-state index contributed by atoms with van der Waals surface area (Å²) in [5, 5.41) is 5.12. The predicted octanol–water partition coefficient (Wildman–Crippen LogP) is 13.3. The molecule has 0 saturated carbocycles. The number of fused-ring (bicyclic) bond motifs is 2. The Kier molecular flexibility index (Phi) is 8.48. The lowest BCUT2D eigenvalue weighted by Gasteiger charge is -2.27. The fourth-order valence-corrected chi connectivity index (χ4v) is 7.41. The van der Waals surface area contributed by atoms with Crippen LogP contribution in [0.5, 0.6) is 0 Å². The van der Waals surface area contributed by atoms with Gasteiger partial charge in [0.05, 0.1) is 5.69 Å². The highest BCUT2D eigenvalue weighted by Gasteiger charge is 2.22. The van der Waals surface area contributed by atoms with E-state index >= 15 is 0 Å². The van der Waals surface area contributed by atoms with Gasteiger partial charge in [0.15, 0.2) is 0 Å². The van der Waals surface area contributed by atoms with Gasteiger partial charge in [0.1, 0.15) is 0 Å². The number of anilines is 3. The van der Waals surface area contributed by atoms with Crippen molar-refractivity contribution in [1.82, 2.24) is 0 Å². The molecule has 1 nitrogen and oxygen atoms in total. The molecular formula is C48H39N. The molecule has 1 heteroatoms. The molecule has 49 heavy (non-hydrogen) atoms. The highest BCUT2D eigenvalue weighted by atomic mass is 15.1. The number of hydrogen-bond acceptors (Lipinski definition) is 1. The number of para-hydroxylation sites is 1. The van der Waals surface area contributed by atoms with Crippen LogP contribution in [0.3, 0.4) is 0 Å². The Balaban J connectivity index is 1.09. The number of benzene rings is 8. The smallest absolute Gasteiger partial charge is 0.0540 e. The van der Waals surface area contributed by atoms with Gasteiger partial charge in [-0.25, -0.2) is 0 Å². The highest BCUT2D eigenvalue weighted by Crippen LogP contribution is 2.40. The van der Waals surface area contributed by atoms with Gasteiger partial charge in [0, 0.05) is 16.8 Å². The Morgan fingerprint density at radius 3 is 1.61 bits per heavy atom. The van der Waals surface area contributed by atoms with Gasteiger partial charge >= 0.3 is 0 Å². The summed E-state index contributed by atoms with van der Waals surface area (Å²) < 4.78 is 0. The lowest BCUT2D eigenvalue weighted by molar-refractivity contribution is 0.574. The molecule has 0 N–H and O–H groups in total. The molecule has 8 rings (SSSR count). The molecule has 236 valence electrons. The van der Waals surface area contributed by atoms with E-state index in [1.54, 1.807) is 0 Å². The maximum Gasteiger partial charge on any atom is 0.0540 e. The molecule has 0 radical (unpaired) electrons. The van der Waals surface area contributed by atoms with Crippen molar-refractivity contribution in [2.75, 3.05) is 4.90 Å². The van der Waals surface area contributed by atoms with Gasteiger partial charge in [0.2, 0.25) is 0 Å². The van der Waals surface area contributed by atoms with Gasteiger partial charge < -0.3 is 4.90 Å². The first kappa shape index (κ1) is 30.4. The standard InChI is InChI=1S/C48H39N/c1-35(47(41-14-4-2-5-15-41)34-42-20-12-18-39-16-8-10-23-45(39)42)36-26-28-37(29-27-36)38-30-32-44(33-31-38)49(43-21-6-3-7-22-43)48-25-13-19-40-17-9-11-24-46(40)48/h2-33,35,47H,34H2,1H3. The van der Waals surface area contributed by atoms with Crippen LogP contribution in [0.4, 0.5) is 17.1 Å². The molecule has 0 spiro atoms. The average molecular weight is 630 g/mol. The summed E-state index contributed by atoms with van der Waals surface area (Å²) in [6, 6.07) is 70.6. The quantitative estimate of drug-likeness (QED) is 0.154. The molecule has 8 aromatic carbocycles. The number of hydrogen-bond donors (Lipinski definition) is 0. The zero-order chi connectivity index (χ0) is 33.0. The van der Waals surface area contributed by atoms with Crippen molar-refractivity contribution in [1.29, 1.82) is 0 Å². The van der Waals surface area contributed by atoms with E-state index in [2.05, 4.69) is 206 Å². The minimum atomic E-state index is 0.345. The zero-order valence-electron chi connectivity index (χ0n) is 27.8. The Hall–Kier alpha value is -5.92. The van der Waals surface area contributed by atoms with Crippen molar-refractivity contribution < 1.29 is 0 Å². The lowest BCUT2D eigenvalue weighted by atomic mass is 9.78. The summed E-state index contributed by atoms with van der Waals surface area (Å²) in [6.07, 6.45) is 0.990. The van der Waals surface area contributed by atoms with Crippen molar-refractivity contribution in [3.8, 4) is 11.1 Å². The topological polar surface area (TPSA) is 3.24 Å². The van der Waals surface area contributed by atoms with Crippen LogP contribution in [-0.2, 0) is 6.42 Å². The normalized spacial score (nSPS) is 12.5. The maximum absolute atomic E-state index is 2.39. The van der Waals surface area contributed by atoms with Crippen molar-refractivity contribution >= 4 is 38.6 Å². The van der Waals surface area contributed by atoms with E-state index in [0.29, 0.717) is 11.8 Å². The van der Waals surface area contributed by atoms with E-state index in [-0.39, 0.29) is 0 Å². The highest BCUT2D eigenvalue weighted by molar-refractivity contribution is 5.99. The third-order valence-electron chi connectivity index (χ3n) is 10.1. The summed E-state index contributed by atoms with van der Waals surface area (Å²) in [7, 11) is 0. The minimum Gasteiger partial charge on any atom is -0.310 e. The maximum atomic E-state index is 2.39. The van der Waals surface area contributed by atoms with E-state index in [1.807, 2.05) is 0 Å². The summed E-state index contributed by atoms with van der Waals surface area (Å²) in [4.78, 5) is 2.36. The van der Waals surface area contributed by atoms with Crippen molar-refractivity contribution in [3.05, 3.63) is 211 Å². The fourth-order valence-electron chi connectivity index (χ4n) is 7.41. The Bertz CT molecular complexity index is 2300. The Labute approximate surface area is 289 Å². The van der Waals surface area contributed by atoms with Crippen LogP contribution in [0.15, 0.2) is 194 Å². The SMILES string of the molecule is CC(c1ccc(-c2ccc(N(c3ccccc3)c3cccc4ccccc34)cc2)cc1)C(Cc1cccc2ccccc12)c1ccccc1. The van der Waals surface area contributed by atoms with Gasteiger partial charge in [0.25, 0.3) is 0 Å². The van der Waals surface area contributed by atoms with Crippen LogP contribution < -0.4 is 4.90 Å². The van der Waals surface area contributed by atoms with Crippen LogP contribution >= 0.6 is 0 Å². The van der Waals surface area contributed by atoms with E-state index < -0.39 is 0 Å². The average Bonchev–Trinajstić information content (AvgIpc) is 3.18. The van der Waals surface area contributed by atoms with Crippen molar-refractivity contribution in [2.24, 2.45) is 0 Å². The molecule has 0 fully saturated rings. The number of nitrogens with zero attached hydrogens (tertiary/aromatic N) is 1. The van der Waals surface area contributed by atoms with E-state index in [4.69, 9.17) is 0 Å². The van der Waals surface area contributed by atoms with E-state index in [1.165, 1.54) is 55.0 Å². The molecule has 0 saturated heterocycles. The molecule has 0 aliphatic heterocycles. The second kappa shape index (κ2) is 13.7. The largest absolute Gasteiger partial charge is 0.310 e. The molecular weight excluding hydrogens is 591 g/mol. The van der Waals surface area contributed by atoms with Gasteiger partial charge in [-0.2, -0.15) is 0 Å². The van der Waals surface area contributed by atoms with Crippen molar-refractivity contribution in [3.63, 3.8) is 0 Å². The van der Waals surface area contributed by atoms with E-state index in [9.17, 15) is 0 Å². The predicted molar refractivity (Wildman–Crippen MR) is 209 cm³/mol. The second-order valence-corrected chi connectivity index (χ2v) is 13.0. The minimum absolute atomic E-state index is 0.345. The van der Waals surface area contributed by atoms with Crippen LogP contribution in [0.2, 0.25) is 0 Å². The Morgan fingerprint density at radius 1 is 0.408 bits per heavy atom. The zero-order valence-corrected chi connectivity index (χ0v) is 27.8. The summed E-state index contributed by atoms with van der Waals surface area (Å²) in [5.74, 6) is 0.702. The molecule has 0 aliphatic rings. The second-order valence-electron chi connectivity index (χ2n) is 13.0. The molecule has 0 amide bonds. The first-order chi connectivity index (χ1) is 24.2. The van der Waals surface area contributed by atoms with Crippen LogP contribution in [0, 0.1) is 0 Å². The fraction of sp³-hybridized carbons (Fsp3) is 0.0833. The lowest BCUT2D eigenvalue weighted by Crippen LogP contribution is -2.12. The summed E-state index contributed by atoms with van der Waals surface area (Å²) in [6.45, 7) is 2.39. The summed E-state index contributed by atoms with van der Waals surface area (Å²) in [5.41, 5.74) is 10.0. The Morgan fingerprint density at radius 2 is 0.918 bits per heavy atom.